The van der Waals surface area contributed by atoms with E-state index in [2.05, 4.69) is 9.89 Å². The topological polar surface area (TPSA) is 61.6 Å². The standard InChI is InChI=1S/C18H13F2NO4/c19-18(20)24-15-9-5-4-8-14(15)17(22)23-11-13-10-16(25-21-13)12-6-2-1-3-7-12/h1-10,18H,11H2. The Morgan fingerprint density at radius 1 is 1.08 bits per heavy atom. The Balaban J connectivity index is 1.66. The summed E-state index contributed by atoms with van der Waals surface area (Å²) in [7, 11) is 0. The highest BCUT2D eigenvalue weighted by molar-refractivity contribution is 5.92. The van der Waals surface area contributed by atoms with E-state index in [-0.39, 0.29) is 17.9 Å². The lowest BCUT2D eigenvalue weighted by Crippen LogP contribution is -2.10. The molecule has 0 bridgehead atoms. The molecule has 3 aromatic rings. The maximum Gasteiger partial charge on any atom is 0.387 e. The summed E-state index contributed by atoms with van der Waals surface area (Å²) in [5.74, 6) is -0.499. The van der Waals surface area contributed by atoms with E-state index in [1.54, 1.807) is 6.07 Å². The van der Waals surface area contributed by atoms with Crippen molar-refractivity contribution in [3.05, 3.63) is 71.9 Å². The number of benzene rings is 2. The Kier molecular flexibility index (Phi) is 5.03. The molecule has 0 saturated carbocycles. The first-order valence-electron chi connectivity index (χ1n) is 7.35. The molecule has 1 aromatic heterocycles. The van der Waals surface area contributed by atoms with Crippen molar-refractivity contribution in [2.45, 2.75) is 13.2 Å². The molecule has 7 heteroatoms. The van der Waals surface area contributed by atoms with Crippen LogP contribution in [0.15, 0.2) is 65.2 Å². The third-order valence-electron chi connectivity index (χ3n) is 3.29. The van der Waals surface area contributed by atoms with Crippen LogP contribution in [0.4, 0.5) is 8.78 Å². The van der Waals surface area contributed by atoms with Gasteiger partial charge in [0, 0.05) is 11.6 Å². The van der Waals surface area contributed by atoms with Crippen molar-refractivity contribution >= 4 is 5.97 Å². The van der Waals surface area contributed by atoms with Crippen LogP contribution in [0.2, 0.25) is 0 Å². The van der Waals surface area contributed by atoms with Crippen molar-refractivity contribution in [2.75, 3.05) is 0 Å². The van der Waals surface area contributed by atoms with Crippen molar-refractivity contribution in [3.63, 3.8) is 0 Å². The van der Waals surface area contributed by atoms with Crippen LogP contribution in [0.3, 0.4) is 0 Å². The molecule has 0 aliphatic rings. The molecular formula is C18H13F2NO4. The molecule has 5 nitrogen and oxygen atoms in total. The minimum absolute atomic E-state index is 0.0884. The zero-order valence-corrected chi connectivity index (χ0v) is 12.9. The fourth-order valence-corrected chi connectivity index (χ4v) is 2.17. The van der Waals surface area contributed by atoms with Gasteiger partial charge in [-0.3, -0.25) is 0 Å². The molecule has 0 aliphatic heterocycles. The van der Waals surface area contributed by atoms with Gasteiger partial charge in [0.1, 0.15) is 23.6 Å². The van der Waals surface area contributed by atoms with Gasteiger partial charge >= 0.3 is 12.6 Å². The highest BCUT2D eigenvalue weighted by Crippen LogP contribution is 2.23. The number of aromatic nitrogens is 1. The Hall–Kier alpha value is -3.22. The first-order valence-corrected chi connectivity index (χ1v) is 7.35. The van der Waals surface area contributed by atoms with Crippen LogP contribution in [0.25, 0.3) is 11.3 Å². The van der Waals surface area contributed by atoms with Crippen LogP contribution in [-0.4, -0.2) is 17.7 Å². The molecule has 1 heterocycles. The number of hydrogen-bond acceptors (Lipinski definition) is 5. The van der Waals surface area contributed by atoms with Crippen molar-refractivity contribution in [2.24, 2.45) is 0 Å². The summed E-state index contributed by atoms with van der Waals surface area (Å²) in [4.78, 5) is 12.1. The van der Waals surface area contributed by atoms with E-state index in [0.29, 0.717) is 11.5 Å². The number of rotatable bonds is 6. The van der Waals surface area contributed by atoms with Gasteiger partial charge < -0.3 is 14.0 Å². The molecule has 25 heavy (non-hydrogen) atoms. The van der Waals surface area contributed by atoms with Crippen LogP contribution >= 0.6 is 0 Å². The molecule has 128 valence electrons. The van der Waals surface area contributed by atoms with E-state index in [1.165, 1.54) is 24.3 Å². The molecule has 2 aromatic carbocycles. The van der Waals surface area contributed by atoms with Crippen LogP contribution in [0, 0.1) is 0 Å². The third-order valence-corrected chi connectivity index (χ3v) is 3.29. The van der Waals surface area contributed by atoms with Gasteiger partial charge in [-0.25, -0.2) is 4.79 Å². The van der Waals surface area contributed by atoms with E-state index in [1.807, 2.05) is 30.3 Å². The molecule has 0 atom stereocenters. The van der Waals surface area contributed by atoms with Crippen LogP contribution < -0.4 is 4.74 Å². The Labute approximate surface area is 141 Å². The van der Waals surface area contributed by atoms with E-state index < -0.39 is 12.6 Å². The first-order chi connectivity index (χ1) is 12.1. The minimum Gasteiger partial charge on any atom is -0.455 e. The molecule has 0 saturated heterocycles. The predicted octanol–water partition coefficient (Wildman–Crippen LogP) is 4.30. The van der Waals surface area contributed by atoms with Gasteiger partial charge in [0.15, 0.2) is 5.76 Å². The fourth-order valence-electron chi connectivity index (χ4n) is 2.17. The fraction of sp³-hybridized carbons (Fsp3) is 0.111. The number of nitrogens with zero attached hydrogens (tertiary/aromatic N) is 1. The molecule has 3 rings (SSSR count). The first kappa shape index (κ1) is 16.6. The largest absolute Gasteiger partial charge is 0.455 e. The number of halogens is 2. The lowest BCUT2D eigenvalue weighted by molar-refractivity contribution is -0.0505. The number of ether oxygens (including phenoxy) is 2. The summed E-state index contributed by atoms with van der Waals surface area (Å²) >= 11 is 0. The van der Waals surface area contributed by atoms with Crippen LogP contribution in [-0.2, 0) is 11.3 Å². The zero-order valence-electron chi connectivity index (χ0n) is 12.9. The molecular weight excluding hydrogens is 332 g/mol. The Bertz CT molecular complexity index is 849. The van der Waals surface area contributed by atoms with Crippen LogP contribution in [0.1, 0.15) is 16.1 Å². The maximum atomic E-state index is 12.4. The van der Waals surface area contributed by atoms with Crippen molar-refractivity contribution in [3.8, 4) is 17.1 Å². The molecule has 0 spiro atoms. The monoisotopic (exact) mass is 345 g/mol. The Morgan fingerprint density at radius 2 is 1.80 bits per heavy atom. The van der Waals surface area contributed by atoms with Gasteiger partial charge in [-0.2, -0.15) is 8.78 Å². The van der Waals surface area contributed by atoms with Gasteiger partial charge in [0.2, 0.25) is 0 Å². The van der Waals surface area contributed by atoms with E-state index >= 15 is 0 Å². The predicted molar refractivity (Wildman–Crippen MR) is 84.1 cm³/mol. The third kappa shape index (κ3) is 4.20. The second-order valence-corrected chi connectivity index (χ2v) is 5.00. The summed E-state index contributed by atoms with van der Waals surface area (Å²) in [6, 6.07) is 16.6. The maximum absolute atomic E-state index is 12.4. The SMILES string of the molecule is O=C(OCc1cc(-c2ccccc2)on1)c1ccccc1OC(F)F. The second-order valence-electron chi connectivity index (χ2n) is 5.00. The average molecular weight is 345 g/mol. The molecule has 0 radical (unpaired) electrons. The molecule has 0 aliphatic carbocycles. The number of alkyl halides is 2. The molecule has 0 unspecified atom stereocenters. The molecule has 0 fully saturated rings. The van der Waals surface area contributed by atoms with Crippen LogP contribution in [0.5, 0.6) is 5.75 Å². The zero-order chi connectivity index (χ0) is 17.6. The van der Waals surface area contributed by atoms with Crippen molar-refractivity contribution < 1.29 is 27.6 Å². The summed E-state index contributed by atoms with van der Waals surface area (Å²) in [5.41, 5.74) is 1.15. The van der Waals surface area contributed by atoms with Gasteiger partial charge in [-0.15, -0.1) is 0 Å². The number of para-hydroxylation sites is 1. The molecule has 0 amide bonds. The highest BCUT2D eigenvalue weighted by Gasteiger charge is 2.17. The summed E-state index contributed by atoms with van der Waals surface area (Å²) in [5, 5.41) is 3.83. The van der Waals surface area contributed by atoms with E-state index in [4.69, 9.17) is 9.26 Å². The summed E-state index contributed by atoms with van der Waals surface area (Å²) in [6.07, 6.45) is 0. The van der Waals surface area contributed by atoms with Crippen molar-refractivity contribution in [1.29, 1.82) is 0 Å². The van der Waals surface area contributed by atoms with E-state index in [0.717, 1.165) is 5.56 Å². The summed E-state index contributed by atoms with van der Waals surface area (Å²) in [6.45, 7) is -3.18. The Morgan fingerprint density at radius 3 is 2.56 bits per heavy atom. The van der Waals surface area contributed by atoms with Gasteiger partial charge in [0.05, 0.1) is 0 Å². The lowest BCUT2D eigenvalue weighted by atomic mass is 10.2. The van der Waals surface area contributed by atoms with E-state index in [9.17, 15) is 13.6 Å². The number of hydrogen-bond donors (Lipinski definition) is 0. The number of carbonyl (C=O) groups is 1. The number of esters is 1. The normalized spacial score (nSPS) is 10.7. The number of carbonyl (C=O) groups excluding carboxylic acids is 1. The highest BCUT2D eigenvalue weighted by atomic mass is 19.3. The van der Waals surface area contributed by atoms with Gasteiger partial charge in [-0.05, 0) is 12.1 Å². The van der Waals surface area contributed by atoms with Gasteiger partial charge in [-0.1, -0.05) is 47.6 Å². The average Bonchev–Trinajstić information content (AvgIpc) is 3.09. The lowest BCUT2D eigenvalue weighted by Gasteiger charge is -2.09. The summed E-state index contributed by atoms with van der Waals surface area (Å²) < 4.78 is 39.4. The smallest absolute Gasteiger partial charge is 0.387 e. The molecule has 0 N–H and O–H groups in total. The minimum atomic E-state index is -3.03. The van der Waals surface area contributed by atoms with Gasteiger partial charge in [0.25, 0.3) is 0 Å². The second kappa shape index (κ2) is 7.57. The van der Waals surface area contributed by atoms with Crippen molar-refractivity contribution in [1.82, 2.24) is 5.16 Å². The quantitative estimate of drug-likeness (QED) is 0.623.